The number of fused-ring (bicyclic) bond motifs is 1. The highest BCUT2D eigenvalue weighted by atomic mass is 19.3. The summed E-state index contributed by atoms with van der Waals surface area (Å²) >= 11 is 0. The molecule has 0 spiro atoms. The molecule has 1 atom stereocenters. The maximum absolute atomic E-state index is 14.1. The number of oxazole rings is 1. The first-order chi connectivity index (χ1) is 21.8. The Morgan fingerprint density at radius 1 is 0.933 bits per heavy atom. The van der Waals surface area contributed by atoms with Crippen LogP contribution in [0.25, 0.3) is 22.7 Å². The van der Waals surface area contributed by atoms with Gasteiger partial charge in [0.2, 0.25) is 5.89 Å². The molecule has 4 heterocycles. The van der Waals surface area contributed by atoms with E-state index in [0.717, 1.165) is 5.56 Å². The van der Waals surface area contributed by atoms with Gasteiger partial charge in [0.1, 0.15) is 16.9 Å². The number of piperazine rings is 1. The first-order valence-electron chi connectivity index (χ1n) is 14.3. The van der Waals surface area contributed by atoms with Crippen LogP contribution in [0.15, 0.2) is 71.1 Å². The zero-order valence-electron chi connectivity index (χ0n) is 23.7. The largest absolute Gasteiger partial charge is 0.435 e. The van der Waals surface area contributed by atoms with Gasteiger partial charge in [0.05, 0.1) is 6.04 Å². The van der Waals surface area contributed by atoms with Crippen molar-refractivity contribution in [3.05, 3.63) is 83.8 Å². The Morgan fingerprint density at radius 3 is 2.42 bits per heavy atom. The van der Waals surface area contributed by atoms with Gasteiger partial charge in [-0.1, -0.05) is 41.2 Å². The first-order valence-corrected chi connectivity index (χ1v) is 14.3. The smallest absolute Gasteiger partial charge is 0.350 e. The Morgan fingerprint density at radius 2 is 1.71 bits per heavy atom. The van der Waals surface area contributed by atoms with Crippen molar-refractivity contribution in [2.45, 2.75) is 31.1 Å². The lowest BCUT2D eigenvalue weighted by molar-refractivity contribution is -0.122. The van der Waals surface area contributed by atoms with E-state index in [4.69, 9.17) is 4.42 Å². The van der Waals surface area contributed by atoms with Crippen molar-refractivity contribution in [2.24, 2.45) is 0 Å². The predicted octanol–water partition coefficient (Wildman–Crippen LogP) is 4.26. The molecule has 1 unspecified atom stereocenters. The Labute approximate surface area is 253 Å². The number of carbonyl (C=O) groups excluding carboxylic acids is 2. The van der Waals surface area contributed by atoms with Crippen molar-refractivity contribution in [1.29, 1.82) is 0 Å². The number of hydrogen-bond donors (Lipinski definition) is 1. The molecular weight excluding hydrogens is 591 g/mol. The van der Waals surface area contributed by atoms with Crippen LogP contribution >= 0.6 is 0 Å². The fourth-order valence-corrected chi connectivity index (χ4v) is 5.30. The van der Waals surface area contributed by atoms with E-state index in [2.05, 4.69) is 30.7 Å². The van der Waals surface area contributed by atoms with Gasteiger partial charge in [-0.25, -0.2) is 14.4 Å². The number of tetrazole rings is 1. The molecule has 12 nitrogen and oxygen atoms in total. The molecule has 1 saturated carbocycles. The summed E-state index contributed by atoms with van der Waals surface area (Å²) in [5.41, 5.74) is 0.854. The number of nitrogens with one attached hydrogen (secondary N) is 1. The first kappa shape index (κ1) is 28.6. The fourth-order valence-electron chi connectivity index (χ4n) is 5.30. The molecule has 2 aromatic carbocycles. The average molecular weight is 618 g/mol. The minimum atomic E-state index is -2.91. The summed E-state index contributed by atoms with van der Waals surface area (Å²) in [6.07, 6.45) is 0.426. The summed E-state index contributed by atoms with van der Waals surface area (Å²) in [5.74, 6) is -0.619. The van der Waals surface area contributed by atoms with Gasteiger partial charge < -0.3 is 14.6 Å². The maximum Gasteiger partial charge on any atom is 0.350 e. The summed E-state index contributed by atoms with van der Waals surface area (Å²) in [6.45, 7) is -1.33. The summed E-state index contributed by atoms with van der Waals surface area (Å²) in [5, 5.41) is 13.9. The predicted molar refractivity (Wildman–Crippen MR) is 154 cm³/mol. The molecule has 1 aliphatic carbocycles. The molecule has 1 saturated heterocycles. The molecule has 45 heavy (non-hydrogen) atoms. The summed E-state index contributed by atoms with van der Waals surface area (Å²) < 4.78 is 46.3. The van der Waals surface area contributed by atoms with Crippen molar-refractivity contribution in [1.82, 2.24) is 40.0 Å². The lowest BCUT2D eigenvalue weighted by Crippen LogP contribution is -2.50. The van der Waals surface area contributed by atoms with Gasteiger partial charge in [-0.15, -0.1) is 10.2 Å². The van der Waals surface area contributed by atoms with Crippen LogP contribution < -0.4 is 5.32 Å². The van der Waals surface area contributed by atoms with Crippen molar-refractivity contribution in [3.8, 4) is 11.6 Å². The van der Waals surface area contributed by atoms with E-state index < -0.39 is 24.2 Å². The summed E-state index contributed by atoms with van der Waals surface area (Å²) in [6, 6.07) is 18.6. The van der Waals surface area contributed by atoms with Gasteiger partial charge in [-0.05, 0) is 54.0 Å². The standard InChI is InChI=1S/C30H26F3N9O3/c31-29(32)42-38-25(37-39-42)24(18-5-2-1-3-6-18)40-13-15-41(16-14-40)27(43)21-8-4-7-20(35-21)26-36-22-17-19(9-10-23(22)45-26)34-28(44)30(33)11-12-30/h1-10,17,24,29H,11-16H2,(H,34,44). The zero-order valence-corrected chi connectivity index (χ0v) is 23.7. The van der Waals surface area contributed by atoms with Crippen molar-refractivity contribution in [3.63, 3.8) is 0 Å². The molecule has 15 heteroatoms. The van der Waals surface area contributed by atoms with Crippen LogP contribution in [0.1, 0.15) is 47.3 Å². The number of anilines is 1. The topological polar surface area (TPSA) is 135 Å². The van der Waals surface area contributed by atoms with Crippen molar-refractivity contribution in [2.75, 3.05) is 31.5 Å². The average Bonchev–Trinajstić information content (AvgIpc) is 3.43. The van der Waals surface area contributed by atoms with Crippen LogP contribution in [0, 0.1) is 0 Å². The molecule has 1 N–H and O–H groups in total. The number of carbonyl (C=O) groups is 2. The van der Waals surface area contributed by atoms with E-state index in [1.807, 2.05) is 35.2 Å². The van der Waals surface area contributed by atoms with Crippen LogP contribution in [-0.4, -0.2) is 83.6 Å². The van der Waals surface area contributed by atoms with E-state index in [1.54, 1.807) is 41.3 Å². The number of hydrogen-bond acceptors (Lipinski definition) is 9. The Kier molecular flexibility index (Phi) is 7.23. The number of alkyl halides is 3. The van der Waals surface area contributed by atoms with Gasteiger partial charge in [-0.3, -0.25) is 14.5 Å². The highest BCUT2D eigenvalue weighted by molar-refractivity contribution is 6.00. The number of amides is 2. The summed E-state index contributed by atoms with van der Waals surface area (Å²) in [4.78, 5) is 38.5. The molecule has 3 aromatic heterocycles. The van der Waals surface area contributed by atoms with Crippen molar-refractivity contribution >= 4 is 28.6 Å². The van der Waals surface area contributed by atoms with E-state index in [-0.39, 0.29) is 41.0 Å². The summed E-state index contributed by atoms with van der Waals surface area (Å²) in [7, 11) is 0. The molecule has 0 radical (unpaired) electrons. The molecule has 5 aromatic rings. The number of benzene rings is 2. The van der Waals surface area contributed by atoms with Crippen LogP contribution in [0.2, 0.25) is 0 Å². The van der Waals surface area contributed by atoms with E-state index in [0.29, 0.717) is 48.7 Å². The van der Waals surface area contributed by atoms with Gasteiger partial charge in [-0.2, -0.15) is 8.78 Å². The molecular formula is C30H26F3N9O3. The van der Waals surface area contributed by atoms with Gasteiger partial charge >= 0.3 is 6.55 Å². The molecule has 1 aliphatic heterocycles. The van der Waals surface area contributed by atoms with Gasteiger partial charge in [0.15, 0.2) is 17.1 Å². The molecule has 2 amide bonds. The lowest BCUT2D eigenvalue weighted by Gasteiger charge is -2.38. The molecule has 7 rings (SSSR count). The SMILES string of the molecule is O=C(c1cccc(-c2nc3cc(NC(=O)C4(F)CC4)ccc3o2)n1)N1CCN(C(c2ccccc2)c2nnn(C(F)F)n2)CC1. The monoisotopic (exact) mass is 617 g/mol. The Balaban J connectivity index is 1.05. The van der Waals surface area contributed by atoms with Crippen LogP contribution in [0.3, 0.4) is 0 Å². The van der Waals surface area contributed by atoms with Gasteiger partial charge in [0, 0.05) is 31.9 Å². The minimum absolute atomic E-state index is 0.151. The second-order valence-electron chi connectivity index (χ2n) is 10.9. The second kappa shape index (κ2) is 11.4. The fraction of sp³-hybridized carbons (Fsp3) is 0.300. The molecule has 230 valence electrons. The van der Waals surface area contributed by atoms with Crippen LogP contribution in [0.4, 0.5) is 18.9 Å². The number of halogens is 3. The Hall–Kier alpha value is -5.18. The lowest BCUT2D eigenvalue weighted by atomic mass is 10.0. The maximum atomic E-state index is 14.1. The number of aromatic nitrogens is 6. The van der Waals surface area contributed by atoms with E-state index in [1.165, 1.54) is 0 Å². The number of pyridine rings is 1. The quantitative estimate of drug-likeness (QED) is 0.271. The van der Waals surface area contributed by atoms with E-state index in [9.17, 15) is 22.8 Å². The second-order valence-corrected chi connectivity index (χ2v) is 10.9. The van der Waals surface area contributed by atoms with Gasteiger partial charge in [0.25, 0.3) is 11.8 Å². The highest BCUT2D eigenvalue weighted by Gasteiger charge is 2.50. The normalized spacial score (nSPS) is 17.0. The molecule has 2 fully saturated rings. The highest BCUT2D eigenvalue weighted by Crippen LogP contribution is 2.40. The third-order valence-electron chi connectivity index (χ3n) is 7.87. The zero-order chi connectivity index (χ0) is 31.1. The van der Waals surface area contributed by atoms with Crippen LogP contribution in [0.5, 0.6) is 0 Å². The van der Waals surface area contributed by atoms with Crippen molar-refractivity contribution < 1.29 is 27.2 Å². The van der Waals surface area contributed by atoms with Crippen LogP contribution in [-0.2, 0) is 4.79 Å². The third kappa shape index (κ3) is 5.73. The molecule has 2 aliphatic rings. The number of nitrogens with zero attached hydrogens (tertiary/aromatic N) is 8. The molecule has 0 bridgehead atoms. The third-order valence-corrected chi connectivity index (χ3v) is 7.87. The van der Waals surface area contributed by atoms with E-state index >= 15 is 0 Å². The Bertz CT molecular complexity index is 1870. The number of rotatable bonds is 8. The minimum Gasteiger partial charge on any atom is -0.435 e.